The number of carbonyl (C=O) groups is 1. The zero-order valence-corrected chi connectivity index (χ0v) is 23.7. The first-order valence-electron chi connectivity index (χ1n) is 12.6. The van der Waals surface area contributed by atoms with Crippen LogP contribution in [0.25, 0.3) is 6.08 Å². The third kappa shape index (κ3) is 5.56. The number of methoxy groups -OCH3 is 1. The van der Waals surface area contributed by atoms with E-state index >= 15 is 0 Å². The fourth-order valence-electron chi connectivity index (χ4n) is 4.44. The second-order valence-corrected chi connectivity index (χ2v) is 10.4. The second kappa shape index (κ2) is 12.0. The van der Waals surface area contributed by atoms with E-state index in [0.717, 1.165) is 12.0 Å². The Labute approximate surface area is 230 Å². The predicted octanol–water partition coefficient (Wildman–Crippen LogP) is 5.03. The van der Waals surface area contributed by atoms with Gasteiger partial charge in [-0.2, -0.15) is 0 Å². The van der Waals surface area contributed by atoms with Crippen LogP contribution in [0, 0.1) is 0 Å². The Morgan fingerprint density at radius 3 is 2.63 bits per heavy atom. The topological polar surface area (TPSA) is 79.1 Å². The number of thiazole rings is 1. The molecule has 3 aromatic rings. The minimum atomic E-state index is -0.815. The maximum Gasteiger partial charge on any atom is 0.338 e. The van der Waals surface area contributed by atoms with Gasteiger partial charge in [0.05, 0.1) is 35.6 Å². The summed E-state index contributed by atoms with van der Waals surface area (Å²) in [6.07, 6.45) is 3.09. The number of fused-ring (bicyclic) bond motifs is 1. The standard InChI is InChI=1S/C29H31ClN2O5S/c1-6-10-21-25(28(34)36-7-2)26(20-16-19(30)13-14-23(20)35-5)32-27(33)24(38-29(32)31-21)15-18-11-8-9-12-22(18)37-17(3)4/h8-9,11-17,26H,6-7,10H2,1-5H3/b24-15+/t26-/m1/s1. The van der Waals surface area contributed by atoms with Crippen molar-refractivity contribution in [3.05, 3.63) is 89.6 Å². The molecule has 200 valence electrons. The first-order chi connectivity index (χ1) is 18.3. The van der Waals surface area contributed by atoms with Crippen LogP contribution < -0.4 is 24.4 Å². The molecule has 0 fully saturated rings. The third-order valence-electron chi connectivity index (χ3n) is 5.95. The highest BCUT2D eigenvalue weighted by molar-refractivity contribution is 7.07. The van der Waals surface area contributed by atoms with E-state index in [2.05, 4.69) is 0 Å². The van der Waals surface area contributed by atoms with E-state index in [1.54, 1.807) is 42.9 Å². The summed E-state index contributed by atoms with van der Waals surface area (Å²) in [4.78, 5) is 32.7. The van der Waals surface area contributed by atoms with E-state index in [1.165, 1.54) is 11.3 Å². The van der Waals surface area contributed by atoms with E-state index in [9.17, 15) is 9.59 Å². The zero-order chi connectivity index (χ0) is 27.4. The van der Waals surface area contributed by atoms with Gasteiger partial charge in [0, 0.05) is 16.1 Å². The minimum absolute atomic E-state index is 0.0233. The maximum absolute atomic E-state index is 14.0. The number of benzene rings is 2. The number of ether oxygens (including phenoxy) is 3. The molecule has 0 saturated carbocycles. The molecule has 38 heavy (non-hydrogen) atoms. The molecule has 2 aromatic carbocycles. The normalized spacial score (nSPS) is 15.3. The van der Waals surface area contributed by atoms with Gasteiger partial charge < -0.3 is 14.2 Å². The molecule has 0 bridgehead atoms. The summed E-state index contributed by atoms with van der Waals surface area (Å²) in [6.45, 7) is 7.86. The van der Waals surface area contributed by atoms with Gasteiger partial charge in [-0.15, -0.1) is 0 Å². The number of para-hydroxylation sites is 1. The van der Waals surface area contributed by atoms with Crippen molar-refractivity contribution in [2.45, 2.75) is 52.7 Å². The van der Waals surface area contributed by atoms with E-state index < -0.39 is 12.0 Å². The van der Waals surface area contributed by atoms with Crippen molar-refractivity contribution >= 4 is 35.0 Å². The lowest BCUT2D eigenvalue weighted by atomic mass is 9.93. The highest BCUT2D eigenvalue weighted by Crippen LogP contribution is 2.38. The van der Waals surface area contributed by atoms with Crippen LogP contribution in [0.15, 0.2) is 63.5 Å². The van der Waals surface area contributed by atoms with E-state index in [0.29, 0.717) is 49.1 Å². The molecule has 0 N–H and O–H groups in total. The van der Waals surface area contributed by atoms with Gasteiger partial charge in [0.15, 0.2) is 4.80 Å². The number of nitrogens with zero attached hydrogens (tertiary/aromatic N) is 2. The molecule has 0 spiro atoms. The first kappa shape index (κ1) is 27.7. The van der Waals surface area contributed by atoms with Crippen molar-refractivity contribution in [3.63, 3.8) is 0 Å². The fraction of sp³-hybridized carbons (Fsp3) is 0.345. The van der Waals surface area contributed by atoms with Crippen LogP contribution in [0.2, 0.25) is 5.02 Å². The van der Waals surface area contributed by atoms with Crippen LogP contribution in [0.3, 0.4) is 0 Å². The molecule has 7 nitrogen and oxygen atoms in total. The Bertz CT molecular complexity index is 1550. The van der Waals surface area contributed by atoms with Gasteiger partial charge in [0.2, 0.25) is 0 Å². The monoisotopic (exact) mass is 554 g/mol. The molecule has 4 rings (SSSR count). The van der Waals surface area contributed by atoms with Crippen LogP contribution in [0.4, 0.5) is 0 Å². The number of aromatic nitrogens is 1. The molecule has 0 saturated heterocycles. The van der Waals surface area contributed by atoms with Crippen LogP contribution in [0.5, 0.6) is 11.5 Å². The van der Waals surface area contributed by atoms with Gasteiger partial charge in [0.1, 0.15) is 17.5 Å². The van der Waals surface area contributed by atoms with Crippen LogP contribution in [-0.4, -0.2) is 30.4 Å². The average molecular weight is 555 g/mol. The molecule has 1 aromatic heterocycles. The molecular weight excluding hydrogens is 524 g/mol. The van der Waals surface area contributed by atoms with Gasteiger partial charge in [-0.3, -0.25) is 9.36 Å². The quantitative estimate of drug-likeness (QED) is 0.347. The Morgan fingerprint density at radius 2 is 1.95 bits per heavy atom. The average Bonchev–Trinajstić information content (AvgIpc) is 3.19. The summed E-state index contributed by atoms with van der Waals surface area (Å²) >= 11 is 7.67. The Hall–Kier alpha value is -3.36. The molecule has 1 aliphatic heterocycles. The van der Waals surface area contributed by atoms with Crippen molar-refractivity contribution in [2.75, 3.05) is 13.7 Å². The van der Waals surface area contributed by atoms with Gasteiger partial charge in [0.25, 0.3) is 5.56 Å². The molecule has 0 aliphatic carbocycles. The highest BCUT2D eigenvalue weighted by atomic mass is 35.5. The number of esters is 1. The van der Waals surface area contributed by atoms with Crippen molar-refractivity contribution < 1.29 is 19.0 Å². The van der Waals surface area contributed by atoms with Gasteiger partial charge in [-0.25, -0.2) is 9.79 Å². The molecule has 1 aliphatic rings. The maximum atomic E-state index is 14.0. The van der Waals surface area contributed by atoms with E-state index in [1.807, 2.05) is 45.0 Å². The Morgan fingerprint density at radius 1 is 1.18 bits per heavy atom. The fourth-order valence-corrected chi connectivity index (χ4v) is 5.63. The Balaban J connectivity index is 2.03. The van der Waals surface area contributed by atoms with E-state index in [-0.39, 0.29) is 18.3 Å². The number of allylic oxidation sites excluding steroid dienone is 1. The van der Waals surface area contributed by atoms with Gasteiger partial charge >= 0.3 is 5.97 Å². The summed E-state index contributed by atoms with van der Waals surface area (Å²) in [5, 5.41) is 0.458. The van der Waals surface area contributed by atoms with E-state index in [4.69, 9.17) is 30.8 Å². The number of rotatable bonds is 9. The summed E-state index contributed by atoms with van der Waals surface area (Å²) in [5.74, 6) is 0.668. The lowest BCUT2D eigenvalue weighted by Crippen LogP contribution is -2.40. The van der Waals surface area contributed by atoms with Crippen LogP contribution >= 0.6 is 22.9 Å². The molecule has 9 heteroatoms. The van der Waals surface area contributed by atoms with Crippen molar-refractivity contribution in [1.82, 2.24) is 4.57 Å². The Kier molecular flexibility index (Phi) is 8.74. The first-order valence-corrected chi connectivity index (χ1v) is 13.8. The lowest BCUT2D eigenvalue weighted by Gasteiger charge is -2.27. The molecule has 0 amide bonds. The van der Waals surface area contributed by atoms with Crippen LogP contribution in [-0.2, 0) is 9.53 Å². The summed E-state index contributed by atoms with van der Waals surface area (Å²) in [7, 11) is 1.54. The largest absolute Gasteiger partial charge is 0.496 e. The number of carbonyl (C=O) groups excluding carboxylic acids is 1. The van der Waals surface area contributed by atoms with Crippen molar-refractivity contribution in [1.29, 1.82) is 0 Å². The summed E-state index contributed by atoms with van der Waals surface area (Å²) < 4.78 is 19.1. The van der Waals surface area contributed by atoms with Crippen LogP contribution in [0.1, 0.15) is 57.7 Å². The summed E-state index contributed by atoms with van der Waals surface area (Å²) in [5.41, 5.74) is 1.99. The molecule has 1 atom stereocenters. The zero-order valence-electron chi connectivity index (χ0n) is 22.1. The SMILES string of the molecule is CCCC1=C(C(=O)OCC)[C@@H](c2cc(Cl)ccc2OC)n2c(s/c(=C/c3ccccc3OC(C)C)c2=O)=N1. The highest BCUT2D eigenvalue weighted by Gasteiger charge is 2.36. The number of hydrogen-bond acceptors (Lipinski definition) is 7. The van der Waals surface area contributed by atoms with Gasteiger partial charge in [-0.1, -0.05) is 54.5 Å². The minimum Gasteiger partial charge on any atom is -0.496 e. The smallest absolute Gasteiger partial charge is 0.338 e. The van der Waals surface area contributed by atoms with Crippen molar-refractivity contribution in [2.24, 2.45) is 4.99 Å². The number of halogens is 1. The molecule has 0 unspecified atom stereocenters. The molecule has 0 radical (unpaired) electrons. The lowest BCUT2D eigenvalue weighted by molar-refractivity contribution is -0.139. The summed E-state index contributed by atoms with van der Waals surface area (Å²) in [6, 6.07) is 11.9. The van der Waals surface area contributed by atoms with Crippen molar-refractivity contribution in [3.8, 4) is 11.5 Å². The third-order valence-corrected chi connectivity index (χ3v) is 7.16. The molecule has 2 heterocycles. The molecular formula is C29H31ClN2O5S. The predicted molar refractivity (Wildman–Crippen MR) is 150 cm³/mol. The second-order valence-electron chi connectivity index (χ2n) is 9.00. The number of hydrogen-bond donors (Lipinski definition) is 0. The van der Waals surface area contributed by atoms with Gasteiger partial charge in [-0.05, 0) is 57.5 Å².